The maximum Gasteiger partial charge on any atom is 0.275 e. The molecule has 1 N–H and O–H groups in total. The first kappa shape index (κ1) is 18.2. The number of rotatable bonds is 4. The van der Waals surface area contributed by atoms with Gasteiger partial charge in [-0.25, -0.2) is 0 Å². The van der Waals surface area contributed by atoms with E-state index in [9.17, 15) is 9.59 Å². The van der Waals surface area contributed by atoms with Crippen molar-refractivity contribution in [2.45, 2.75) is 58.0 Å². The molecule has 4 aliphatic carbocycles. The van der Waals surface area contributed by atoms with Crippen LogP contribution in [-0.4, -0.2) is 20.9 Å². The number of hydrogen-bond acceptors (Lipinski definition) is 2. The summed E-state index contributed by atoms with van der Waals surface area (Å²) in [4.78, 5) is 26.2. The maximum absolute atomic E-state index is 13.1. The summed E-state index contributed by atoms with van der Waals surface area (Å²) in [7, 11) is 0. The van der Waals surface area contributed by atoms with Crippen LogP contribution in [0.3, 0.4) is 0 Å². The molecule has 7 rings (SSSR count). The second kappa shape index (κ2) is 6.47. The van der Waals surface area contributed by atoms with Crippen molar-refractivity contribution in [1.29, 1.82) is 0 Å². The summed E-state index contributed by atoms with van der Waals surface area (Å²) in [6.45, 7) is 2.26. The monoisotopic (exact) mass is 403 g/mol. The SMILES string of the molecule is C[C@@H](NC(=O)Cn1c(=O)c2cccn2c2ccccc21)C12CC3CC(CC(C3)C1)C2. The fourth-order valence-electron chi connectivity index (χ4n) is 7.36. The van der Waals surface area contributed by atoms with E-state index in [1.54, 1.807) is 4.57 Å². The number of para-hydroxylation sites is 2. The molecule has 30 heavy (non-hydrogen) atoms. The van der Waals surface area contributed by atoms with Crippen LogP contribution in [0.25, 0.3) is 16.6 Å². The molecular formula is C25H29N3O2. The third-order valence-corrected chi connectivity index (χ3v) is 8.33. The van der Waals surface area contributed by atoms with Gasteiger partial charge in [0.1, 0.15) is 12.1 Å². The Bertz CT molecular complexity index is 1170. The van der Waals surface area contributed by atoms with Gasteiger partial charge >= 0.3 is 0 Å². The number of fused-ring (bicyclic) bond motifs is 3. The van der Waals surface area contributed by atoms with Gasteiger partial charge in [0.15, 0.2) is 0 Å². The number of hydrogen-bond donors (Lipinski definition) is 1. The number of amides is 1. The maximum atomic E-state index is 13.1. The van der Waals surface area contributed by atoms with E-state index in [0.29, 0.717) is 5.52 Å². The molecule has 0 spiro atoms. The van der Waals surface area contributed by atoms with E-state index >= 15 is 0 Å². The minimum Gasteiger partial charge on any atom is -0.352 e. The highest BCUT2D eigenvalue weighted by molar-refractivity contribution is 5.82. The quantitative estimate of drug-likeness (QED) is 0.717. The molecule has 4 aliphatic rings. The minimum absolute atomic E-state index is 0.0543. The largest absolute Gasteiger partial charge is 0.352 e. The van der Waals surface area contributed by atoms with E-state index in [1.165, 1.54) is 38.5 Å². The van der Waals surface area contributed by atoms with Crippen LogP contribution < -0.4 is 10.9 Å². The lowest BCUT2D eigenvalue weighted by atomic mass is 9.48. The molecule has 1 aromatic carbocycles. The van der Waals surface area contributed by atoms with E-state index in [0.717, 1.165) is 28.8 Å². The Morgan fingerprint density at radius 2 is 1.60 bits per heavy atom. The number of aromatic nitrogens is 2. The Labute approximate surface area is 176 Å². The summed E-state index contributed by atoms with van der Waals surface area (Å²) in [5.41, 5.74) is 2.50. The van der Waals surface area contributed by atoms with Crippen LogP contribution in [0.5, 0.6) is 0 Å². The Balaban J connectivity index is 1.29. The highest BCUT2D eigenvalue weighted by atomic mass is 16.2. The molecule has 2 heterocycles. The van der Waals surface area contributed by atoms with Crippen molar-refractivity contribution < 1.29 is 4.79 Å². The number of benzene rings is 1. The van der Waals surface area contributed by atoms with Gasteiger partial charge in [-0.15, -0.1) is 0 Å². The third-order valence-electron chi connectivity index (χ3n) is 8.33. The lowest BCUT2D eigenvalue weighted by molar-refractivity contribution is -0.126. The van der Waals surface area contributed by atoms with Crippen LogP contribution in [0.2, 0.25) is 0 Å². The van der Waals surface area contributed by atoms with Crippen molar-refractivity contribution in [2.75, 3.05) is 0 Å². The molecule has 5 nitrogen and oxygen atoms in total. The van der Waals surface area contributed by atoms with Gasteiger partial charge in [0.2, 0.25) is 5.91 Å². The van der Waals surface area contributed by atoms with Crippen molar-refractivity contribution in [3.63, 3.8) is 0 Å². The van der Waals surface area contributed by atoms with Gasteiger partial charge in [-0.1, -0.05) is 12.1 Å². The van der Waals surface area contributed by atoms with Crippen LogP contribution in [0.15, 0.2) is 47.4 Å². The average Bonchev–Trinajstić information content (AvgIpc) is 3.20. The Kier molecular flexibility index (Phi) is 3.93. The van der Waals surface area contributed by atoms with E-state index in [1.807, 2.05) is 47.0 Å². The molecule has 1 amide bonds. The normalized spacial score (nSPS) is 30.8. The summed E-state index contributed by atoms with van der Waals surface area (Å²) in [5, 5.41) is 3.31. The molecule has 5 heteroatoms. The summed E-state index contributed by atoms with van der Waals surface area (Å²) in [6.07, 6.45) is 9.90. The first-order valence-corrected chi connectivity index (χ1v) is 11.4. The predicted molar refractivity (Wildman–Crippen MR) is 117 cm³/mol. The van der Waals surface area contributed by atoms with Gasteiger partial charge in [0, 0.05) is 12.2 Å². The van der Waals surface area contributed by atoms with Crippen molar-refractivity contribution in [2.24, 2.45) is 23.2 Å². The molecular weight excluding hydrogens is 374 g/mol. The van der Waals surface area contributed by atoms with Gasteiger partial charge in [-0.2, -0.15) is 0 Å². The van der Waals surface area contributed by atoms with E-state index < -0.39 is 0 Å². The Morgan fingerprint density at radius 1 is 1.00 bits per heavy atom. The predicted octanol–water partition coefficient (Wildman–Crippen LogP) is 3.98. The van der Waals surface area contributed by atoms with Gasteiger partial charge in [-0.05, 0) is 92.9 Å². The average molecular weight is 404 g/mol. The van der Waals surface area contributed by atoms with E-state index in [4.69, 9.17) is 0 Å². The lowest BCUT2D eigenvalue weighted by Gasteiger charge is -2.59. The Hall–Kier alpha value is -2.56. The lowest BCUT2D eigenvalue weighted by Crippen LogP contribution is -2.56. The highest BCUT2D eigenvalue weighted by Crippen LogP contribution is 2.61. The molecule has 4 fully saturated rings. The van der Waals surface area contributed by atoms with Gasteiger partial charge in [-0.3, -0.25) is 14.2 Å². The molecule has 0 saturated heterocycles. The van der Waals surface area contributed by atoms with Crippen LogP contribution in [-0.2, 0) is 11.3 Å². The molecule has 156 valence electrons. The molecule has 0 aliphatic heterocycles. The van der Waals surface area contributed by atoms with Crippen LogP contribution >= 0.6 is 0 Å². The van der Waals surface area contributed by atoms with Crippen molar-refractivity contribution in [1.82, 2.24) is 14.3 Å². The Morgan fingerprint density at radius 3 is 2.27 bits per heavy atom. The van der Waals surface area contributed by atoms with Crippen molar-refractivity contribution in [3.8, 4) is 0 Å². The third kappa shape index (κ3) is 2.67. The number of carbonyl (C=O) groups is 1. The van der Waals surface area contributed by atoms with Crippen molar-refractivity contribution in [3.05, 3.63) is 52.9 Å². The topological polar surface area (TPSA) is 55.5 Å². The second-order valence-electron chi connectivity index (χ2n) is 10.2. The zero-order valence-corrected chi connectivity index (χ0v) is 17.5. The van der Waals surface area contributed by atoms with Crippen LogP contribution in [0.1, 0.15) is 45.4 Å². The summed E-state index contributed by atoms with van der Waals surface area (Å²) in [6, 6.07) is 11.7. The van der Waals surface area contributed by atoms with Crippen molar-refractivity contribution >= 4 is 22.5 Å². The molecule has 2 aromatic heterocycles. The molecule has 4 bridgehead atoms. The fourth-order valence-corrected chi connectivity index (χ4v) is 7.36. The molecule has 4 saturated carbocycles. The standard InChI is InChI=1S/C25H29N3O2/c1-16(25-12-17-9-18(13-25)11-19(10-17)14-25)26-23(29)15-28-21-6-3-2-5-20(21)27-8-4-7-22(27)24(28)30/h2-8,16-19H,9-15H2,1H3,(H,26,29)/t16-,17?,18?,19?,25?/m1/s1. The zero-order valence-electron chi connectivity index (χ0n) is 17.5. The molecule has 1 atom stereocenters. The fraction of sp³-hybridized carbons (Fsp3) is 0.520. The minimum atomic E-state index is -0.115. The van der Waals surface area contributed by atoms with Gasteiger partial charge in [0.05, 0.1) is 11.0 Å². The van der Waals surface area contributed by atoms with Gasteiger partial charge < -0.3 is 9.72 Å². The number of nitrogens with one attached hydrogen (secondary N) is 1. The molecule has 3 aromatic rings. The van der Waals surface area contributed by atoms with Crippen LogP contribution in [0.4, 0.5) is 0 Å². The van der Waals surface area contributed by atoms with Gasteiger partial charge in [0.25, 0.3) is 5.56 Å². The zero-order chi connectivity index (χ0) is 20.5. The highest BCUT2D eigenvalue weighted by Gasteiger charge is 2.53. The van der Waals surface area contributed by atoms with E-state index in [2.05, 4.69) is 12.2 Å². The first-order chi connectivity index (χ1) is 14.5. The summed E-state index contributed by atoms with van der Waals surface area (Å²) >= 11 is 0. The molecule has 0 radical (unpaired) electrons. The van der Waals surface area contributed by atoms with E-state index in [-0.39, 0.29) is 29.5 Å². The summed E-state index contributed by atoms with van der Waals surface area (Å²) in [5.74, 6) is 2.53. The summed E-state index contributed by atoms with van der Waals surface area (Å²) < 4.78 is 3.54. The smallest absolute Gasteiger partial charge is 0.275 e. The first-order valence-electron chi connectivity index (χ1n) is 11.4. The second-order valence-corrected chi connectivity index (χ2v) is 10.2. The van der Waals surface area contributed by atoms with Crippen LogP contribution in [0, 0.1) is 23.2 Å². The molecule has 0 unspecified atom stereocenters. The number of nitrogens with zero attached hydrogens (tertiary/aromatic N) is 2. The number of carbonyl (C=O) groups excluding carboxylic acids is 1.